The summed E-state index contributed by atoms with van der Waals surface area (Å²) < 4.78 is 48.4. The van der Waals surface area contributed by atoms with Gasteiger partial charge >= 0.3 is 5.69 Å². The van der Waals surface area contributed by atoms with E-state index in [2.05, 4.69) is 18.7 Å². The minimum atomic E-state index is -5.85. The van der Waals surface area contributed by atoms with Crippen molar-refractivity contribution in [1.82, 2.24) is 14.9 Å². The lowest BCUT2D eigenvalue weighted by Gasteiger charge is -2.43. The normalized spacial score (nSPS) is 36.8. The zero-order valence-corrected chi connectivity index (χ0v) is 21.4. The van der Waals surface area contributed by atoms with Crippen LogP contribution in [0.1, 0.15) is 20.1 Å². The maximum atomic E-state index is 12.3. The lowest BCUT2D eigenvalue weighted by atomic mass is 9.98. The van der Waals surface area contributed by atoms with Gasteiger partial charge in [0.2, 0.25) is 5.91 Å². The zero-order valence-electron chi connectivity index (χ0n) is 19.6. The summed E-state index contributed by atoms with van der Waals surface area (Å²) in [6.07, 6.45) is -12.4. The molecule has 38 heavy (non-hydrogen) atoms. The zero-order chi connectivity index (χ0) is 28.6. The summed E-state index contributed by atoms with van der Waals surface area (Å²) in [5.74, 6) is -0.771. The van der Waals surface area contributed by atoms with Crippen molar-refractivity contribution in [2.24, 2.45) is 0 Å². The molecule has 1 aromatic rings. The van der Waals surface area contributed by atoms with Gasteiger partial charge in [-0.25, -0.2) is 9.11 Å². The van der Waals surface area contributed by atoms with E-state index in [-0.39, 0.29) is 0 Å². The average Bonchev–Trinajstić information content (AvgIpc) is 3.06. The summed E-state index contributed by atoms with van der Waals surface area (Å²) in [4.78, 5) is 60.8. The first-order valence-corrected chi connectivity index (χ1v) is 13.7. The highest BCUT2D eigenvalue weighted by molar-refractivity contribution is 7.59. The minimum absolute atomic E-state index is 0.713. The number of amides is 1. The Hall–Kier alpha value is -1.83. The standard InChI is InChI=1S/C17H27N3O16P2/c1-6-11(23)13(25)10(18-7(2)21)16(33-6)35-38(30,31)36-37(28,29)32-5-8-12(24)14(26)15(34-8)20-4-3-9(22)19-17(20)27/h3-4,6,8,10-16,23-26H,5H2,1-2H3,(H,18,21)(H,28,29)(H,30,31)(H,19,22,27)/p-2/t6-,8-,10-,11-,12-,13-,14-,15-,16-/m1/s1. The van der Waals surface area contributed by atoms with E-state index in [1.165, 1.54) is 6.92 Å². The van der Waals surface area contributed by atoms with E-state index in [1.807, 2.05) is 4.98 Å². The van der Waals surface area contributed by atoms with Crippen LogP contribution in [0, 0.1) is 0 Å². The van der Waals surface area contributed by atoms with Gasteiger partial charge < -0.3 is 49.5 Å². The van der Waals surface area contributed by atoms with Crippen LogP contribution in [-0.2, 0) is 36.8 Å². The quantitative estimate of drug-likeness (QED) is 0.147. The van der Waals surface area contributed by atoms with Crippen LogP contribution in [0.2, 0.25) is 0 Å². The van der Waals surface area contributed by atoms with E-state index in [0.29, 0.717) is 4.57 Å². The van der Waals surface area contributed by atoms with E-state index < -0.39 is 94.6 Å². The van der Waals surface area contributed by atoms with Crippen molar-refractivity contribution >= 4 is 21.6 Å². The third kappa shape index (κ3) is 7.22. The molecule has 0 spiro atoms. The van der Waals surface area contributed by atoms with Gasteiger partial charge in [-0.05, 0) is 6.92 Å². The predicted octanol–water partition coefficient (Wildman–Crippen LogP) is -4.89. The molecule has 216 valence electrons. The summed E-state index contributed by atoms with van der Waals surface area (Å²) in [6.45, 7) is 1.15. The number of aromatic amines is 1. The van der Waals surface area contributed by atoms with Crippen molar-refractivity contribution in [2.75, 3.05) is 6.61 Å². The van der Waals surface area contributed by atoms with E-state index in [9.17, 15) is 53.7 Å². The molecule has 19 nitrogen and oxygen atoms in total. The van der Waals surface area contributed by atoms with Gasteiger partial charge in [-0.1, -0.05) is 0 Å². The van der Waals surface area contributed by atoms with Gasteiger partial charge in [0.15, 0.2) is 12.5 Å². The number of phosphoric acid groups is 2. The molecule has 2 saturated heterocycles. The third-order valence-corrected chi connectivity index (χ3v) is 8.03. The number of phosphoric ester groups is 2. The summed E-state index contributed by atoms with van der Waals surface area (Å²) in [5, 5.41) is 42.5. The van der Waals surface area contributed by atoms with E-state index >= 15 is 0 Å². The van der Waals surface area contributed by atoms with Gasteiger partial charge in [0.05, 0.1) is 12.7 Å². The van der Waals surface area contributed by atoms with Gasteiger partial charge in [0.25, 0.3) is 21.2 Å². The second-order valence-corrected chi connectivity index (χ2v) is 11.3. The Labute approximate surface area is 212 Å². The van der Waals surface area contributed by atoms with Crippen molar-refractivity contribution in [2.45, 2.75) is 69.0 Å². The minimum Gasteiger partial charge on any atom is -0.756 e. The molecule has 6 N–H and O–H groups in total. The molecule has 2 unspecified atom stereocenters. The molecule has 1 amide bonds. The van der Waals surface area contributed by atoms with E-state index in [1.54, 1.807) is 0 Å². The monoisotopic (exact) mass is 589 g/mol. The van der Waals surface area contributed by atoms with Crippen molar-refractivity contribution in [1.29, 1.82) is 0 Å². The van der Waals surface area contributed by atoms with Gasteiger partial charge in [0.1, 0.15) is 36.6 Å². The first-order valence-electron chi connectivity index (χ1n) is 10.8. The second kappa shape index (κ2) is 11.7. The molecule has 11 atom stereocenters. The number of aliphatic hydroxyl groups is 4. The summed E-state index contributed by atoms with van der Waals surface area (Å²) in [6, 6.07) is -0.722. The molecule has 3 heterocycles. The smallest absolute Gasteiger partial charge is 0.330 e. The molecule has 2 aliphatic heterocycles. The number of carbonyl (C=O) groups excluding carboxylic acids is 1. The fraction of sp³-hybridized carbons (Fsp3) is 0.706. The average molecular weight is 589 g/mol. The molecule has 0 radical (unpaired) electrons. The van der Waals surface area contributed by atoms with Crippen LogP contribution < -0.4 is 26.4 Å². The lowest BCUT2D eigenvalue weighted by Crippen LogP contribution is -2.63. The fourth-order valence-corrected chi connectivity index (χ4v) is 5.78. The molecule has 0 saturated carbocycles. The van der Waals surface area contributed by atoms with Crippen molar-refractivity contribution < 1.29 is 67.0 Å². The molecule has 0 aromatic carbocycles. The first-order chi connectivity index (χ1) is 17.5. The van der Waals surface area contributed by atoms with Crippen LogP contribution in [0.25, 0.3) is 0 Å². The van der Waals surface area contributed by atoms with Crippen LogP contribution >= 0.6 is 15.6 Å². The van der Waals surface area contributed by atoms with Gasteiger partial charge in [-0.2, -0.15) is 0 Å². The maximum absolute atomic E-state index is 12.3. The number of hydrogen-bond donors (Lipinski definition) is 6. The van der Waals surface area contributed by atoms with Crippen molar-refractivity contribution in [3.8, 4) is 0 Å². The number of carbonyl (C=O) groups is 1. The highest BCUT2D eigenvalue weighted by Gasteiger charge is 2.47. The van der Waals surface area contributed by atoms with Crippen LogP contribution in [0.3, 0.4) is 0 Å². The van der Waals surface area contributed by atoms with E-state index in [4.69, 9.17) is 9.47 Å². The SMILES string of the molecule is CC(=O)N[C@H]1[C@@H](OP(=O)([O-])OP(=O)([O-])OC[C@H]2O[C@@H](n3ccc(=O)[nH]c3=O)[C@H](O)[C@@H]2O)O[C@H](C)[C@@H](O)[C@@H]1O. The molecular weight excluding hydrogens is 564 g/mol. The Morgan fingerprint density at radius 2 is 1.76 bits per heavy atom. The topological polar surface area (TPSA) is 291 Å². The summed E-state index contributed by atoms with van der Waals surface area (Å²) >= 11 is 0. The predicted molar refractivity (Wildman–Crippen MR) is 115 cm³/mol. The molecule has 3 rings (SSSR count). The Morgan fingerprint density at radius 1 is 1.11 bits per heavy atom. The highest BCUT2D eigenvalue weighted by atomic mass is 31.3. The number of aliphatic hydroxyl groups excluding tert-OH is 4. The highest BCUT2D eigenvalue weighted by Crippen LogP contribution is 2.57. The number of rotatable bonds is 9. The van der Waals surface area contributed by atoms with E-state index in [0.717, 1.165) is 19.2 Å². The Kier molecular flexibility index (Phi) is 9.48. The van der Waals surface area contributed by atoms with Gasteiger partial charge in [0, 0.05) is 19.2 Å². The summed E-state index contributed by atoms with van der Waals surface area (Å²) in [7, 11) is -11.6. The van der Waals surface area contributed by atoms with Gasteiger partial charge in [-0.3, -0.25) is 32.8 Å². The number of ether oxygens (including phenoxy) is 2. The number of nitrogens with one attached hydrogen (secondary N) is 2. The summed E-state index contributed by atoms with van der Waals surface area (Å²) in [5.41, 5.74) is -1.76. The second-order valence-electron chi connectivity index (χ2n) is 8.36. The molecule has 2 aliphatic rings. The molecule has 1 aromatic heterocycles. The fourth-order valence-electron chi connectivity index (χ4n) is 3.69. The Bertz CT molecular complexity index is 1220. The van der Waals surface area contributed by atoms with Crippen LogP contribution in [0.4, 0.5) is 0 Å². The van der Waals surface area contributed by atoms with Crippen LogP contribution in [0.15, 0.2) is 21.9 Å². The number of H-pyrrole nitrogens is 1. The largest absolute Gasteiger partial charge is 0.756 e. The molecule has 0 bridgehead atoms. The third-order valence-electron chi connectivity index (χ3n) is 5.50. The van der Waals surface area contributed by atoms with Crippen LogP contribution in [0.5, 0.6) is 0 Å². The number of hydrogen-bond acceptors (Lipinski definition) is 16. The van der Waals surface area contributed by atoms with Crippen molar-refractivity contribution in [3.63, 3.8) is 0 Å². The van der Waals surface area contributed by atoms with Gasteiger partial charge in [-0.15, -0.1) is 0 Å². The molecular formula is C17H25N3O16P2-2. The number of nitrogens with zero attached hydrogens (tertiary/aromatic N) is 1. The first kappa shape index (κ1) is 30.7. The Morgan fingerprint density at radius 3 is 2.37 bits per heavy atom. The maximum Gasteiger partial charge on any atom is 0.330 e. The Balaban J connectivity index is 1.64. The lowest BCUT2D eigenvalue weighted by molar-refractivity contribution is -0.280. The van der Waals surface area contributed by atoms with Crippen LogP contribution in [-0.4, -0.2) is 91.4 Å². The van der Waals surface area contributed by atoms with Crippen molar-refractivity contribution in [3.05, 3.63) is 33.1 Å². The molecule has 21 heteroatoms. The number of aromatic nitrogens is 2. The molecule has 2 fully saturated rings. The molecule has 0 aliphatic carbocycles.